The van der Waals surface area contributed by atoms with Crippen LogP contribution in [-0.4, -0.2) is 50.8 Å². The number of morpholine rings is 1. The number of nitrogens with zero attached hydrogens (tertiary/aromatic N) is 2. The topological polar surface area (TPSA) is 72.1 Å². The van der Waals surface area contributed by atoms with Crippen LogP contribution in [-0.2, 0) is 10.9 Å². The lowest BCUT2D eigenvalue weighted by molar-refractivity contribution is -0.137. The molecule has 0 aliphatic carbocycles. The minimum absolute atomic E-state index is 0. The summed E-state index contributed by atoms with van der Waals surface area (Å²) in [6.07, 6.45) is -4.36. The molecule has 6 nitrogen and oxygen atoms in total. The van der Waals surface area contributed by atoms with E-state index in [0.29, 0.717) is 38.6 Å². The monoisotopic (exact) mass is 550 g/mol. The van der Waals surface area contributed by atoms with Gasteiger partial charge in [0.1, 0.15) is 5.75 Å². The van der Waals surface area contributed by atoms with Crippen molar-refractivity contribution in [3.8, 4) is 5.75 Å². The zero-order valence-corrected chi connectivity index (χ0v) is 19.4. The van der Waals surface area contributed by atoms with E-state index in [4.69, 9.17) is 15.2 Å². The third-order valence-corrected chi connectivity index (χ3v) is 4.89. The second kappa shape index (κ2) is 11.5. The molecule has 1 unspecified atom stereocenters. The number of nitrogens with one attached hydrogen (secondary N) is 1. The molecule has 1 aliphatic rings. The van der Waals surface area contributed by atoms with Crippen LogP contribution >= 0.6 is 24.0 Å². The van der Waals surface area contributed by atoms with E-state index in [1.807, 2.05) is 18.2 Å². The van der Waals surface area contributed by atoms with E-state index >= 15 is 0 Å². The van der Waals surface area contributed by atoms with Gasteiger partial charge in [0.2, 0.25) is 0 Å². The smallest absolute Gasteiger partial charge is 0.416 e. The Kier molecular flexibility index (Phi) is 9.38. The summed E-state index contributed by atoms with van der Waals surface area (Å²) in [4.78, 5) is 6.58. The Hall–Kier alpha value is -2.05. The highest BCUT2D eigenvalue weighted by Gasteiger charge is 2.31. The fourth-order valence-electron chi connectivity index (χ4n) is 3.29. The molecule has 0 amide bonds. The number of ether oxygens (including phenoxy) is 2. The molecule has 0 saturated carbocycles. The molecule has 10 heteroatoms. The first-order valence-electron chi connectivity index (χ1n) is 9.57. The molecule has 0 radical (unpaired) electrons. The van der Waals surface area contributed by atoms with Gasteiger partial charge in [-0.25, -0.2) is 0 Å². The van der Waals surface area contributed by atoms with Crippen LogP contribution in [0.25, 0.3) is 0 Å². The van der Waals surface area contributed by atoms with Gasteiger partial charge in [0, 0.05) is 24.8 Å². The molecule has 3 rings (SSSR count). The lowest BCUT2D eigenvalue weighted by atomic mass is 10.0. The van der Waals surface area contributed by atoms with E-state index in [1.165, 1.54) is 12.1 Å². The maximum Gasteiger partial charge on any atom is 0.416 e. The molecule has 0 aromatic heterocycles. The number of methoxy groups -OCH3 is 1. The maximum absolute atomic E-state index is 12.9. The van der Waals surface area contributed by atoms with Gasteiger partial charge in [-0.2, -0.15) is 13.2 Å². The SMILES string of the molecule is COc1cccc(NC(N)=NCC(c2ccc(C(F)(F)F)cc2)N2CCOCC2)c1.I. The van der Waals surface area contributed by atoms with E-state index in [-0.39, 0.29) is 36.0 Å². The van der Waals surface area contributed by atoms with Gasteiger partial charge in [-0.05, 0) is 29.8 Å². The molecule has 0 spiro atoms. The quantitative estimate of drug-likeness (QED) is 0.322. The lowest BCUT2D eigenvalue weighted by Gasteiger charge is -2.34. The second-order valence-corrected chi connectivity index (χ2v) is 6.87. The molecule has 2 aromatic carbocycles. The van der Waals surface area contributed by atoms with Gasteiger partial charge in [0.25, 0.3) is 0 Å². The van der Waals surface area contributed by atoms with Crippen LogP contribution < -0.4 is 15.8 Å². The molecular formula is C21H26F3IN4O2. The first-order chi connectivity index (χ1) is 14.4. The van der Waals surface area contributed by atoms with Crippen molar-refractivity contribution < 1.29 is 22.6 Å². The second-order valence-electron chi connectivity index (χ2n) is 6.87. The average Bonchev–Trinajstić information content (AvgIpc) is 2.74. The Bertz CT molecular complexity index is 856. The summed E-state index contributed by atoms with van der Waals surface area (Å²) < 4.78 is 49.3. The van der Waals surface area contributed by atoms with Gasteiger partial charge in [-0.3, -0.25) is 9.89 Å². The molecule has 1 saturated heterocycles. The van der Waals surface area contributed by atoms with Crippen LogP contribution in [0, 0.1) is 0 Å². The highest BCUT2D eigenvalue weighted by molar-refractivity contribution is 14.0. The largest absolute Gasteiger partial charge is 0.497 e. The third kappa shape index (κ3) is 7.25. The van der Waals surface area contributed by atoms with Crippen LogP contribution in [0.15, 0.2) is 53.5 Å². The zero-order valence-electron chi connectivity index (χ0n) is 17.1. The van der Waals surface area contributed by atoms with Crippen molar-refractivity contribution >= 4 is 35.6 Å². The molecule has 1 aliphatic heterocycles. The number of aliphatic imine (C=N–C) groups is 1. The van der Waals surface area contributed by atoms with E-state index in [9.17, 15) is 13.2 Å². The number of anilines is 1. The number of halogens is 4. The number of nitrogens with two attached hydrogens (primary N) is 1. The van der Waals surface area contributed by atoms with Gasteiger partial charge in [-0.15, -0.1) is 24.0 Å². The van der Waals surface area contributed by atoms with E-state index in [0.717, 1.165) is 23.4 Å². The normalized spacial score (nSPS) is 16.3. The number of guanidine groups is 1. The summed E-state index contributed by atoms with van der Waals surface area (Å²) in [5, 5.41) is 3.01. The maximum atomic E-state index is 12.9. The Balaban J connectivity index is 0.00000341. The molecule has 31 heavy (non-hydrogen) atoms. The number of benzene rings is 2. The summed E-state index contributed by atoms with van der Waals surface area (Å²) in [5.41, 5.74) is 6.85. The Labute approximate surface area is 196 Å². The third-order valence-electron chi connectivity index (χ3n) is 4.89. The Morgan fingerprint density at radius 1 is 1.19 bits per heavy atom. The van der Waals surface area contributed by atoms with Gasteiger partial charge < -0.3 is 20.5 Å². The molecule has 1 atom stereocenters. The van der Waals surface area contributed by atoms with E-state index in [2.05, 4.69) is 15.2 Å². The van der Waals surface area contributed by atoms with Gasteiger partial charge in [0.15, 0.2) is 5.96 Å². The zero-order chi connectivity index (χ0) is 21.6. The van der Waals surface area contributed by atoms with Crippen LogP contribution in [0.2, 0.25) is 0 Å². The standard InChI is InChI=1S/C21H25F3N4O2.HI/c1-29-18-4-2-3-17(13-18)27-20(25)26-14-19(28-9-11-30-12-10-28)15-5-7-16(8-6-15)21(22,23)24;/h2-8,13,19H,9-12,14H2,1H3,(H3,25,26,27);1H. The Morgan fingerprint density at radius 2 is 1.87 bits per heavy atom. The molecule has 170 valence electrons. The van der Waals surface area contributed by atoms with Crippen molar-refractivity contribution in [1.82, 2.24) is 4.90 Å². The van der Waals surface area contributed by atoms with Gasteiger partial charge >= 0.3 is 6.18 Å². The number of hydrogen-bond donors (Lipinski definition) is 2. The van der Waals surface area contributed by atoms with Crippen molar-refractivity contribution in [1.29, 1.82) is 0 Å². The van der Waals surface area contributed by atoms with Crippen molar-refractivity contribution in [3.05, 3.63) is 59.7 Å². The summed E-state index contributed by atoms with van der Waals surface area (Å²) in [6.45, 7) is 2.78. The van der Waals surface area contributed by atoms with Crippen LogP contribution in [0.3, 0.4) is 0 Å². The molecule has 0 bridgehead atoms. The molecule has 2 aromatic rings. The molecule has 1 fully saturated rings. The predicted molar refractivity (Wildman–Crippen MR) is 125 cm³/mol. The summed E-state index contributed by atoms with van der Waals surface area (Å²) in [5.74, 6) is 0.900. The van der Waals surface area contributed by atoms with Crippen molar-refractivity contribution in [2.24, 2.45) is 10.7 Å². The molecule has 3 N–H and O–H groups in total. The lowest BCUT2D eigenvalue weighted by Crippen LogP contribution is -2.40. The van der Waals surface area contributed by atoms with Crippen molar-refractivity contribution in [2.75, 3.05) is 45.3 Å². The summed E-state index contributed by atoms with van der Waals surface area (Å²) in [6, 6.07) is 12.3. The average molecular weight is 550 g/mol. The minimum atomic E-state index is -4.36. The first-order valence-corrected chi connectivity index (χ1v) is 9.57. The summed E-state index contributed by atoms with van der Waals surface area (Å²) in [7, 11) is 1.58. The van der Waals surface area contributed by atoms with Gasteiger partial charge in [0.05, 0.1) is 38.5 Å². The Morgan fingerprint density at radius 3 is 2.48 bits per heavy atom. The predicted octanol–water partition coefficient (Wildman–Crippen LogP) is 4.13. The van der Waals surface area contributed by atoms with Crippen LogP contribution in [0.5, 0.6) is 5.75 Å². The highest BCUT2D eigenvalue weighted by atomic mass is 127. The van der Waals surface area contributed by atoms with Gasteiger partial charge in [-0.1, -0.05) is 18.2 Å². The number of alkyl halides is 3. The van der Waals surface area contributed by atoms with Crippen LogP contribution in [0.4, 0.5) is 18.9 Å². The number of hydrogen-bond acceptors (Lipinski definition) is 4. The molecular weight excluding hydrogens is 524 g/mol. The van der Waals surface area contributed by atoms with Crippen molar-refractivity contribution in [2.45, 2.75) is 12.2 Å². The van der Waals surface area contributed by atoms with Crippen LogP contribution in [0.1, 0.15) is 17.2 Å². The first kappa shape index (κ1) is 25.2. The summed E-state index contributed by atoms with van der Waals surface area (Å²) >= 11 is 0. The fraction of sp³-hybridized carbons (Fsp3) is 0.381. The van der Waals surface area contributed by atoms with Crippen molar-refractivity contribution in [3.63, 3.8) is 0 Å². The minimum Gasteiger partial charge on any atom is -0.497 e. The molecule has 1 heterocycles. The highest BCUT2D eigenvalue weighted by Crippen LogP contribution is 2.31. The fourth-order valence-corrected chi connectivity index (χ4v) is 3.29. The van der Waals surface area contributed by atoms with E-state index < -0.39 is 11.7 Å². The van der Waals surface area contributed by atoms with E-state index in [1.54, 1.807) is 13.2 Å². The number of rotatable bonds is 6.